The number of rotatable bonds is 5. The van der Waals surface area contributed by atoms with Crippen molar-refractivity contribution in [1.82, 2.24) is 19.5 Å². The number of hydrogen-bond acceptors (Lipinski definition) is 4. The summed E-state index contributed by atoms with van der Waals surface area (Å²) in [4.78, 5) is 15.6. The highest BCUT2D eigenvalue weighted by Gasteiger charge is 2.22. The highest BCUT2D eigenvalue weighted by Crippen LogP contribution is 2.43. The van der Waals surface area contributed by atoms with Crippen molar-refractivity contribution in [3.63, 3.8) is 0 Å². The van der Waals surface area contributed by atoms with Gasteiger partial charge in [0.25, 0.3) is 0 Å². The zero-order valence-electron chi connectivity index (χ0n) is 31.2. The molecule has 9 aromatic carbocycles. The van der Waals surface area contributed by atoms with Crippen molar-refractivity contribution in [2.75, 3.05) is 0 Å². The molecule has 0 saturated heterocycles. The number of para-hydroxylation sites is 2. The molecule has 58 heavy (non-hydrogen) atoms. The molecular weight excluding hydrogens is 709 g/mol. The normalized spacial score (nSPS) is 11.8. The molecule has 3 aromatic heterocycles. The third-order valence-corrected chi connectivity index (χ3v) is 11.4. The van der Waals surface area contributed by atoms with Gasteiger partial charge in [0.15, 0.2) is 17.5 Å². The van der Waals surface area contributed by atoms with Crippen LogP contribution >= 0.6 is 0 Å². The van der Waals surface area contributed by atoms with Crippen LogP contribution in [0.25, 0.3) is 116 Å². The summed E-state index contributed by atoms with van der Waals surface area (Å²) < 4.78 is 8.89. The average molecular weight is 741 g/mol. The van der Waals surface area contributed by atoms with Gasteiger partial charge in [0, 0.05) is 43.8 Å². The molecule has 0 amide bonds. The topological polar surface area (TPSA) is 56.7 Å². The number of aromatic nitrogens is 4. The van der Waals surface area contributed by atoms with Crippen LogP contribution in [0.3, 0.4) is 0 Å². The van der Waals surface area contributed by atoms with Crippen molar-refractivity contribution in [3.8, 4) is 51.0 Å². The van der Waals surface area contributed by atoms with Gasteiger partial charge in [-0.15, -0.1) is 0 Å². The van der Waals surface area contributed by atoms with E-state index in [1.54, 1.807) is 0 Å². The summed E-state index contributed by atoms with van der Waals surface area (Å²) >= 11 is 0. The maximum atomic E-state index is 6.47. The van der Waals surface area contributed by atoms with Crippen LogP contribution < -0.4 is 0 Å². The minimum atomic E-state index is 0.599. The zero-order valence-corrected chi connectivity index (χ0v) is 31.2. The quantitative estimate of drug-likeness (QED) is 0.176. The maximum Gasteiger partial charge on any atom is 0.164 e. The van der Waals surface area contributed by atoms with Gasteiger partial charge < -0.3 is 8.98 Å². The summed E-state index contributed by atoms with van der Waals surface area (Å²) in [7, 11) is 0. The average Bonchev–Trinajstić information content (AvgIpc) is 3.83. The summed E-state index contributed by atoms with van der Waals surface area (Å²) in [5.74, 6) is 1.85. The van der Waals surface area contributed by atoms with Crippen LogP contribution in [-0.4, -0.2) is 19.5 Å². The van der Waals surface area contributed by atoms with Crippen molar-refractivity contribution in [2.24, 2.45) is 0 Å². The van der Waals surface area contributed by atoms with Gasteiger partial charge in [0.1, 0.15) is 11.2 Å². The molecule has 0 saturated carbocycles. The van der Waals surface area contributed by atoms with Crippen molar-refractivity contribution < 1.29 is 4.42 Å². The molecule has 0 N–H and O–H groups in total. The highest BCUT2D eigenvalue weighted by atomic mass is 16.3. The number of nitrogens with zero attached hydrogens (tertiary/aromatic N) is 4. The van der Waals surface area contributed by atoms with E-state index in [9.17, 15) is 0 Å². The third-order valence-electron chi connectivity index (χ3n) is 11.4. The lowest BCUT2D eigenvalue weighted by molar-refractivity contribution is 0.669. The van der Waals surface area contributed by atoms with E-state index in [-0.39, 0.29) is 0 Å². The second-order valence-electron chi connectivity index (χ2n) is 14.8. The molecule has 0 spiro atoms. The van der Waals surface area contributed by atoms with Crippen molar-refractivity contribution in [1.29, 1.82) is 0 Å². The Morgan fingerprint density at radius 3 is 1.83 bits per heavy atom. The molecule has 0 radical (unpaired) electrons. The molecule has 5 nitrogen and oxygen atoms in total. The minimum absolute atomic E-state index is 0.599. The molecule has 12 rings (SSSR count). The first-order valence-electron chi connectivity index (χ1n) is 19.5. The molecule has 0 aliphatic heterocycles. The summed E-state index contributed by atoms with van der Waals surface area (Å²) in [5.41, 5.74) is 9.91. The van der Waals surface area contributed by atoms with Crippen molar-refractivity contribution in [3.05, 3.63) is 194 Å². The molecule has 0 aliphatic carbocycles. The van der Waals surface area contributed by atoms with E-state index in [0.717, 1.165) is 77.2 Å². The molecule has 0 fully saturated rings. The van der Waals surface area contributed by atoms with Gasteiger partial charge in [0.2, 0.25) is 0 Å². The molecule has 0 unspecified atom stereocenters. The lowest BCUT2D eigenvalue weighted by atomic mass is 9.95. The predicted molar refractivity (Wildman–Crippen MR) is 238 cm³/mol. The van der Waals surface area contributed by atoms with Gasteiger partial charge in [0.05, 0.1) is 16.7 Å². The van der Waals surface area contributed by atoms with Crippen LogP contribution in [0.5, 0.6) is 0 Å². The lowest BCUT2D eigenvalue weighted by Crippen LogP contribution is -2.02. The Balaban J connectivity index is 1.17. The van der Waals surface area contributed by atoms with E-state index in [0.29, 0.717) is 17.5 Å². The standard InChI is InChI=1S/C53H32N4O/c1-2-15-34(16-3-1)51-54-52(56-53(55-51)41-24-12-19-33-14-6-7-20-38(33)41)37-28-29-46(44(31-37)40-23-13-27-49-50(40)42-22-9-11-26-48(42)58-49)57-45-25-10-8-21-39(45)43-30-35-17-4-5-18-36(35)32-47(43)57/h1-32H. The van der Waals surface area contributed by atoms with Crippen molar-refractivity contribution in [2.45, 2.75) is 0 Å². The Morgan fingerprint density at radius 1 is 0.345 bits per heavy atom. The molecule has 270 valence electrons. The summed E-state index contributed by atoms with van der Waals surface area (Å²) in [6.07, 6.45) is 0. The Morgan fingerprint density at radius 2 is 0.966 bits per heavy atom. The summed E-state index contributed by atoms with van der Waals surface area (Å²) in [6, 6.07) is 68.1. The van der Waals surface area contributed by atoms with Crippen molar-refractivity contribution >= 4 is 65.3 Å². The Labute approximate surface area is 333 Å². The highest BCUT2D eigenvalue weighted by molar-refractivity contribution is 6.16. The Bertz CT molecular complexity index is 3580. The molecular formula is C53H32N4O. The molecule has 0 aliphatic rings. The molecule has 5 heteroatoms. The SMILES string of the molecule is c1ccc(-c2nc(-c3ccc(-n4c5ccccc5c5cc6ccccc6cc54)c(-c4cccc5oc6ccccc6c45)c3)nc(-c3cccc4ccccc34)n2)cc1. The van der Waals surface area contributed by atoms with E-state index in [1.807, 2.05) is 30.3 Å². The monoisotopic (exact) mass is 740 g/mol. The Kier molecular flexibility index (Phi) is 7.16. The molecule has 0 atom stereocenters. The second kappa shape index (κ2) is 12.8. The maximum absolute atomic E-state index is 6.47. The second-order valence-corrected chi connectivity index (χ2v) is 14.8. The molecule has 12 aromatic rings. The van der Waals surface area contributed by atoms with Crippen LogP contribution in [0.2, 0.25) is 0 Å². The largest absolute Gasteiger partial charge is 0.456 e. The number of furan rings is 1. The lowest BCUT2D eigenvalue weighted by Gasteiger charge is -2.17. The first-order valence-corrected chi connectivity index (χ1v) is 19.5. The van der Waals surface area contributed by atoms with E-state index in [4.69, 9.17) is 19.4 Å². The number of benzene rings is 9. The predicted octanol–water partition coefficient (Wildman–Crippen LogP) is 13.8. The minimum Gasteiger partial charge on any atom is -0.456 e. The summed E-state index contributed by atoms with van der Waals surface area (Å²) in [5, 5.41) is 9.19. The van der Waals surface area contributed by atoms with E-state index in [1.165, 1.54) is 21.5 Å². The van der Waals surface area contributed by atoms with Gasteiger partial charge in [-0.05, 0) is 75.6 Å². The number of hydrogen-bond donors (Lipinski definition) is 0. The van der Waals surface area contributed by atoms with Crippen LogP contribution in [-0.2, 0) is 0 Å². The summed E-state index contributed by atoms with van der Waals surface area (Å²) in [6.45, 7) is 0. The van der Waals surface area contributed by atoms with E-state index in [2.05, 4.69) is 168 Å². The zero-order chi connectivity index (χ0) is 38.2. The third kappa shape index (κ3) is 5.07. The van der Waals surface area contributed by atoms with E-state index < -0.39 is 0 Å². The van der Waals surface area contributed by atoms with Crippen LogP contribution in [0.4, 0.5) is 0 Å². The van der Waals surface area contributed by atoms with Gasteiger partial charge in [-0.25, -0.2) is 15.0 Å². The van der Waals surface area contributed by atoms with Crippen LogP contribution in [0.1, 0.15) is 0 Å². The van der Waals surface area contributed by atoms with Gasteiger partial charge in [-0.2, -0.15) is 0 Å². The van der Waals surface area contributed by atoms with Gasteiger partial charge in [-0.1, -0.05) is 146 Å². The van der Waals surface area contributed by atoms with Gasteiger partial charge >= 0.3 is 0 Å². The smallest absolute Gasteiger partial charge is 0.164 e. The molecule has 0 bridgehead atoms. The fraction of sp³-hybridized carbons (Fsp3) is 0. The fourth-order valence-electron chi connectivity index (χ4n) is 8.76. The fourth-order valence-corrected chi connectivity index (χ4v) is 8.76. The van der Waals surface area contributed by atoms with E-state index >= 15 is 0 Å². The molecule has 3 heterocycles. The number of fused-ring (bicyclic) bond motifs is 8. The van der Waals surface area contributed by atoms with Gasteiger partial charge in [-0.3, -0.25) is 0 Å². The Hall–Kier alpha value is -7.89. The van der Waals surface area contributed by atoms with Crippen LogP contribution in [0, 0.1) is 0 Å². The van der Waals surface area contributed by atoms with Crippen LogP contribution in [0.15, 0.2) is 199 Å². The first-order chi connectivity index (χ1) is 28.7. The first kappa shape index (κ1) is 32.4.